The standard InChI is InChI=1S/C12H13BrFNO4/c1-12(2,3)19-11(18)15-7-5-4-6(13)9(14)8(7)10(16)17/h4-5H,1-3H3,(H,15,18)(H,16,17). The van der Waals surface area contributed by atoms with Gasteiger partial charge in [-0.15, -0.1) is 0 Å². The highest BCUT2D eigenvalue weighted by Gasteiger charge is 2.22. The molecule has 0 atom stereocenters. The fourth-order valence-corrected chi connectivity index (χ4v) is 1.61. The number of amides is 1. The van der Waals surface area contributed by atoms with E-state index in [2.05, 4.69) is 21.2 Å². The Labute approximate surface area is 117 Å². The van der Waals surface area contributed by atoms with Crippen molar-refractivity contribution in [2.24, 2.45) is 0 Å². The Kier molecular flexibility index (Phi) is 4.52. The lowest BCUT2D eigenvalue weighted by Crippen LogP contribution is -2.28. The summed E-state index contributed by atoms with van der Waals surface area (Å²) in [5, 5.41) is 11.2. The molecular formula is C12H13BrFNO4. The van der Waals surface area contributed by atoms with Crippen molar-refractivity contribution in [2.45, 2.75) is 26.4 Å². The lowest BCUT2D eigenvalue weighted by atomic mass is 10.1. The van der Waals surface area contributed by atoms with E-state index in [0.717, 1.165) is 0 Å². The molecule has 1 rings (SSSR count). The first-order valence-electron chi connectivity index (χ1n) is 5.33. The first-order valence-corrected chi connectivity index (χ1v) is 6.12. The monoisotopic (exact) mass is 333 g/mol. The van der Waals surface area contributed by atoms with Crippen LogP contribution in [-0.2, 0) is 4.74 Å². The molecule has 0 aliphatic rings. The van der Waals surface area contributed by atoms with Gasteiger partial charge in [-0.05, 0) is 48.8 Å². The molecule has 0 saturated heterocycles. The van der Waals surface area contributed by atoms with E-state index in [-0.39, 0.29) is 10.2 Å². The molecule has 5 nitrogen and oxygen atoms in total. The molecule has 19 heavy (non-hydrogen) atoms. The Balaban J connectivity index is 3.05. The van der Waals surface area contributed by atoms with Gasteiger partial charge in [0.1, 0.15) is 11.2 Å². The van der Waals surface area contributed by atoms with Crippen LogP contribution in [0.25, 0.3) is 0 Å². The highest BCUT2D eigenvalue weighted by Crippen LogP contribution is 2.26. The maximum atomic E-state index is 13.7. The Morgan fingerprint density at radius 1 is 1.37 bits per heavy atom. The third-order valence-corrected chi connectivity index (χ3v) is 2.56. The van der Waals surface area contributed by atoms with E-state index in [1.807, 2.05) is 0 Å². The van der Waals surface area contributed by atoms with Gasteiger partial charge in [0.05, 0.1) is 10.2 Å². The van der Waals surface area contributed by atoms with Crippen molar-refractivity contribution >= 4 is 33.7 Å². The lowest BCUT2D eigenvalue weighted by Gasteiger charge is -2.20. The van der Waals surface area contributed by atoms with E-state index >= 15 is 0 Å². The molecule has 7 heteroatoms. The van der Waals surface area contributed by atoms with Gasteiger partial charge in [-0.3, -0.25) is 5.32 Å². The fourth-order valence-electron chi connectivity index (χ4n) is 1.28. The number of carboxylic acids is 1. The largest absolute Gasteiger partial charge is 0.478 e. The Hall–Kier alpha value is -1.63. The van der Waals surface area contributed by atoms with Gasteiger partial charge in [0.2, 0.25) is 0 Å². The number of benzene rings is 1. The van der Waals surface area contributed by atoms with E-state index in [1.165, 1.54) is 12.1 Å². The van der Waals surface area contributed by atoms with Gasteiger partial charge < -0.3 is 9.84 Å². The van der Waals surface area contributed by atoms with Crippen molar-refractivity contribution in [1.82, 2.24) is 0 Å². The molecule has 1 aromatic rings. The van der Waals surface area contributed by atoms with Crippen LogP contribution in [0.1, 0.15) is 31.1 Å². The topological polar surface area (TPSA) is 75.6 Å². The molecule has 104 valence electrons. The van der Waals surface area contributed by atoms with Crippen molar-refractivity contribution in [3.8, 4) is 0 Å². The van der Waals surface area contributed by atoms with Gasteiger partial charge in [0, 0.05) is 0 Å². The fraction of sp³-hybridized carbons (Fsp3) is 0.333. The van der Waals surface area contributed by atoms with Crippen molar-refractivity contribution in [3.05, 3.63) is 28.0 Å². The van der Waals surface area contributed by atoms with Crippen LogP contribution in [0.4, 0.5) is 14.9 Å². The van der Waals surface area contributed by atoms with E-state index in [1.54, 1.807) is 20.8 Å². The number of rotatable bonds is 2. The minimum absolute atomic E-state index is 0.000335. The first kappa shape index (κ1) is 15.4. The van der Waals surface area contributed by atoms with Crippen LogP contribution >= 0.6 is 15.9 Å². The summed E-state index contributed by atoms with van der Waals surface area (Å²) >= 11 is 2.88. The number of anilines is 1. The van der Waals surface area contributed by atoms with E-state index < -0.39 is 29.0 Å². The van der Waals surface area contributed by atoms with Crippen molar-refractivity contribution < 1.29 is 23.8 Å². The van der Waals surface area contributed by atoms with E-state index in [9.17, 15) is 14.0 Å². The van der Waals surface area contributed by atoms with Crippen LogP contribution in [0, 0.1) is 5.82 Å². The average Bonchev–Trinajstić information content (AvgIpc) is 2.20. The summed E-state index contributed by atoms with van der Waals surface area (Å²) in [6.07, 6.45) is -0.850. The van der Waals surface area contributed by atoms with Gasteiger partial charge >= 0.3 is 12.1 Å². The summed E-state index contributed by atoms with van der Waals surface area (Å²) in [5.74, 6) is -2.44. The van der Waals surface area contributed by atoms with Crippen molar-refractivity contribution in [2.75, 3.05) is 5.32 Å². The SMILES string of the molecule is CC(C)(C)OC(=O)Nc1ccc(Br)c(F)c1C(=O)O. The molecule has 0 heterocycles. The van der Waals surface area contributed by atoms with Crippen LogP contribution in [0.15, 0.2) is 16.6 Å². The molecule has 1 aromatic carbocycles. The van der Waals surface area contributed by atoms with Crippen LogP contribution in [-0.4, -0.2) is 22.8 Å². The number of halogens is 2. The highest BCUT2D eigenvalue weighted by molar-refractivity contribution is 9.10. The highest BCUT2D eigenvalue weighted by atomic mass is 79.9. The van der Waals surface area contributed by atoms with Crippen LogP contribution in [0.2, 0.25) is 0 Å². The van der Waals surface area contributed by atoms with Gasteiger partial charge in [-0.2, -0.15) is 0 Å². The molecule has 0 bridgehead atoms. The summed E-state index contributed by atoms with van der Waals surface area (Å²) in [7, 11) is 0. The van der Waals surface area contributed by atoms with Gasteiger partial charge in [-0.25, -0.2) is 14.0 Å². The second kappa shape index (κ2) is 5.56. The number of nitrogens with one attached hydrogen (secondary N) is 1. The minimum Gasteiger partial charge on any atom is -0.478 e. The molecule has 1 amide bonds. The molecule has 0 aliphatic carbocycles. The summed E-state index contributed by atoms with van der Waals surface area (Å²) in [5.41, 5.74) is -1.52. The normalized spacial score (nSPS) is 11.0. The number of aromatic carboxylic acids is 1. The number of carbonyl (C=O) groups excluding carboxylic acids is 1. The van der Waals surface area contributed by atoms with Gasteiger partial charge in [-0.1, -0.05) is 0 Å². The van der Waals surface area contributed by atoms with Crippen LogP contribution in [0.3, 0.4) is 0 Å². The Morgan fingerprint density at radius 3 is 2.42 bits per heavy atom. The second-order valence-corrected chi connectivity index (χ2v) is 5.57. The number of hydrogen-bond acceptors (Lipinski definition) is 3. The van der Waals surface area contributed by atoms with Crippen LogP contribution < -0.4 is 5.32 Å². The summed E-state index contributed by atoms with van der Waals surface area (Å²) in [6, 6.07) is 2.58. The number of ether oxygens (including phenoxy) is 1. The summed E-state index contributed by atoms with van der Waals surface area (Å²) in [4.78, 5) is 22.5. The molecule has 0 aliphatic heterocycles. The first-order chi connectivity index (χ1) is 8.61. The van der Waals surface area contributed by atoms with Gasteiger partial charge in [0.15, 0.2) is 5.82 Å². The zero-order valence-electron chi connectivity index (χ0n) is 10.6. The Morgan fingerprint density at radius 2 is 1.95 bits per heavy atom. The van der Waals surface area contributed by atoms with Crippen molar-refractivity contribution in [1.29, 1.82) is 0 Å². The van der Waals surface area contributed by atoms with Crippen molar-refractivity contribution in [3.63, 3.8) is 0 Å². The van der Waals surface area contributed by atoms with Gasteiger partial charge in [0.25, 0.3) is 0 Å². The zero-order chi connectivity index (χ0) is 14.8. The molecular weight excluding hydrogens is 321 g/mol. The molecule has 0 radical (unpaired) electrons. The van der Waals surface area contributed by atoms with E-state index in [4.69, 9.17) is 9.84 Å². The quantitative estimate of drug-likeness (QED) is 0.866. The molecule has 0 spiro atoms. The third kappa shape index (κ3) is 4.20. The minimum atomic E-state index is -1.48. The predicted octanol–water partition coefficient (Wildman–Crippen LogP) is 3.63. The lowest BCUT2D eigenvalue weighted by molar-refractivity contribution is 0.0636. The molecule has 0 fully saturated rings. The number of carboxylic acid groups (broad SMARTS) is 1. The maximum absolute atomic E-state index is 13.7. The third-order valence-electron chi connectivity index (χ3n) is 1.94. The zero-order valence-corrected chi connectivity index (χ0v) is 12.2. The smallest absolute Gasteiger partial charge is 0.412 e. The molecule has 0 unspecified atom stereocenters. The predicted molar refractivity (Wildman–Crippen MR) is 70.9 cm³/mol. The molecule has 0 saturated carbocycles. The van der Waals surface area contributed by atoms with Crippen LogP contribution in [0.5, 0.6) is 0 Å². The maximum Gasteiger partial charge on any atom is 0.412 e. The Bertz CT molecular complexity index is 525. The van der Waals surface area contributed by atoms with E-state index in [0.29, 0.717) is 0 Å². The average molecular weight is 334 g/mol. The molecule has 0 aromatic heterocycles. The summed E-state index contributed by atoms with van der Waals surface area (Å²) in [6.45, 7) is 4.98. The second-order valence-electron chi connectivity index (χ2n) is 4.72. The number of hydrogen-bond donors (Lipinski definition) is 2. The summed E-state index contributed by atoms with van der Waals surface area (Å²) < 4.78 is 18.7. The molecule has 2 N–H and O–H groups in total. The number of carbonyl (C=O) groups is 2.